The summed E-state index contributed by atoms with van der Waals surface area (Å²) in [6.45, 7) is 0. The Bertz CT molecular complexity index is 539. The summed E-state index contributed by atoms with van der Waals surface area (Å²) in [4.78, 5) is 7.17. The third kappa shape index (κ3) is 2.25. The molecule has 0 aliphatic rings. The summed E-state index contributed by atoms with van der Waals surface area (Å²) in [6.07, 6.45) is 0. The number of azide groups is 3. The van der Waals surface area contributed by atoms with Crippen LogP contribution in [-0.2, 0) is 0 Å². The molecular formula is C5Cl2N10O. The van der Waals surface area contributed by atoms with Crippen LogP contribution < -0.4 is 4.73 Å². The van der Waals surface area contributed by atoms with Gasteiger partial charge in [-0.2, -0.15) is 0 Å². The number of aromatic nitrogens is 1. The first-order chi connectivity index (χ1) is 8.58. The molecule has 0 radical (unpaired) electrons. The second-order valence-corrected chi connectivity index (χ2v) is 3.24. The van der Waals surface area contributed by atoms with E-state index in [1.807, 2.05) is 0 Å². The lowest BCUT2D eigenvalue weighted by Crippen LogP contribution is -2.27. The van der Waals surface area contributed by atoms with Crippen LogP contribution in [0.1, 0.15) is 0 Å². The quantitative estimate of drug-likeness (QED) is 0.258. The van der Waals surface area contributed by atoms with E-state index >= 15 is 0 Å². The Morgan fingerprint density at radius 2 is 1.28 bits per heavy atom. The lowest BCUT2D eigenvalue weighted by atomic mass is 10.3. The van der Waals surface area contributed by atoms with Gasteiger partial charge in [-0.3, -0.25) is 4.73 Å². The summed E-state index contributed by atoms with van der Waals surface area (Å²) in [5.41, 5.74) is 24.5. The van der Waals surface area contributed by atoms with Crippen LogP contribution in [0.4, 0.5) is 17.3 Å². The Hall–Kier alpha value is -2.54. The summed E-state index contributed by atoms with van der Waals surface area (Å²) in [6, 6.07) is 0. The average molecular weight is 287 g/mol. The van der Waals surface area contributed by atoms with E-state index in [0.29, 0.717) is 0 Å². The zero-order valence-electron chi connectivity index (χ0n) is 8.14. The molecule has 1 aromatic rings. The number of nitrogens with zero attached hydrogens (tertiary/aromatic N) is 10. The molecule has 0 saturated heterocycles. The predicted octanol–water partition coefficient (Wildman–Crippen LogP) is 4.45. The molecule has 1 heterocycles. The molecule has 0 bridgehead atoms. The maximum absolute atomic E-state index is 11.6. The molecule has 18 heavy (non-hydrogen) atoms. The standard InChI is InChI=1S/C5Cl2N10O/c6-1-3(11-14-8)2(7)5(13-16-10)17(18)4(1)12-15-9. The summed E-state index contributed by atoms with van der Waals surface area (Å²) < 4.78 is -0.0689. The Balaban J connectivity index is 3.91. The van der Waals surface area contributed by atoms with Gasteiger partial charge in [0.1, 0.15) is 5.02 Å². The minimum atomic E-state index is -0.645. The first-order valence-corrected chi connectivity index (χ1v) is 4.63. The lowest BCUT2D eigenvalue weighted by Gasteiger charge is -2.12. The third-order valence-corrected chi connectivity index (χ3v) is 2.31. The molecule has 0 aliphatic heterocycles. The maximum Gasteiger partial charge on any atom is 0.371 e. The van der Waals surface area contributed by atoms with E-state index in [4.69, 9.17) is 39.8 Å². The predicted molar refractivity (Wildman–Crippen MR) is 61.8 cm³/mol. The highest BCUT2D eigenvalue weighted by atomic mass is 35.5. The first kappa shape index (κ1) is 13.5. The SMILES string of the molecule is [N-]=[N+]=Nc1c(Cl)c(N=[N+]=[N-])[n+]([O-])c(N=[N+]=[N-])c1Cl. The normalized spacial score (nSPS) is 8.78. The highest BCUT2D eigenvalue weighted by Crippen LogP contribution is 2.42. The van der Waals surface area contributed by atoms with Gasteiger partial charge in [-0.1, -0.05) is 28.3 Å². The number of hydrogen-bond donors (Lipinski definition) is 0. The van der Waals surface area contributed by atoms with Crippen molar-refractivity contribution in [3.8, 4) is 0 Å². The van der Waals surface area contributed by atoms with E-state index in [1.165, 1.54) is 0 Å². The second kappa shape index (κ2) is 5.69. The van der Waals surface area contributed by atoms with E-state index in [2.05, 4.69) is 30.1 Å². The molecule has 0 aromatic carbocycles. The summed E-state index contributed by atoms with van der Waals surface area (Å²) in [5.74, 6) is -1.29. The van der Waals surface area contributed by atoms with Gasteiger partial charge in [0.25, 0.3) is 5.11 Å². The van der Waals surface area contributed by atoms with Crippen LogP contribution in [0.3, 0.4) is 0 Å². The van der Waals surface area contributed by atoms with Crippen LogP contribution >= 0.6 is 23.2 Å². The van der Waals surface area contributed by atoms with E-state index in [1.54, 1.807) is 0 Å². The van der Waals surface area contributed by atoms with E-state index < -0.39 is 21.7 Å². The molecule has 0 saturated carbocycles. The van der Waals surface area contributed by atoms with Crippen molar-refractivity contribution in [3.05, 3.63) is 46.6 Å². The average Bonchev–Trinajstić information content (AvgIpc) is 2.35. The lowest BCUT2D eigenvalue weighted by molar-refractivity contribution is -0.577. The minimum absolute atomic E-state index is 0.0689. The maximum atomic E-state index is 11.6. The van der Waals surface area contributed by atoms with Crippen molar-refractivity contribution in [2.75, 3.05) is 0 Å². The third-order valence-electron chi connectivity index (χ3n) is 1.62. The molecule has 11 nitrogen and oxygen atoms in total. The van der Waals surface area contributed by atoms with Gasteiger partial charge in [0.2, 0.25) is 0 Å². The molecule has 0 N–H and O–H groups in total. The summed E-state index contributed by atoms with van der Waals surface area (Å²) >= 11 is 11.4. The number of pyridine rings is 1. The van der Waals surface area contributed by atoms with Gasteiger partial charge in [0.15, 0.2) is 10.7 Å². The number of hydrogen-bond acceptors (Lipinski definition) is 4. The van der Waals surface area contributed by atoms with Gasteiger partial charge in [-0.15, -0.1) is 0 Å². The Kier molecular flexibility index (Phi) is 4.27. The van der Waals surface area contributed by atoms with E-state index in [-0.39, 0.29) is 10.4 Å². The highest BCUT2D eigenvalue weighted by Gasteiger charge is 2.24. The largest absolute Gasteiger partial charge is 0.742 e. The van der Waals surface area contributed by atoms with Crippen molar-refractivity contribution < 1.29 is 4.73 Å². The second-order valence-electron chi connectivity index (χ2n) is 2.49. The van der Waals surface area contributed by atoms with Crippen LogP contribution in [0.5, 0.6) is 0 Å². The van der Waals surface area contributed by atoms with Crippen molar-refractivity contribution >= 4 is 40.5 Å². The number of rotatable bonds is 3. The zero-order chi connectivity index (χ0) is 13.7. The van der Waals surface area contributed by atoms with Crippen molar-refractivity contribution in [3.63, 3.8) is 0 Å². The van der Waals surface area contributed by atoms with Crippen LogP contribution in [0, 0.1) is 5.21 Å². The monoisotopic (exact) mass is 286 g/mol. The minimum Gasteiger partial charge on any atom is -0.742 e. The van der Waals surface area contributed by atoms with Gasteiger partial charge in [-0.25, -0.2) is 0 Å². The van der Waals surface area contributed by atoms with Crippen LogP contribution in [0.15, 0.2) is 15.3 Å². The molecule has 1 rings (SSSR count). The van der Waals surface area contributed by atoms with Crippen molar-refractivity contribution in [1.29, 1.82) is 0 Å². The van der Waals surface area contributed by atoms with Crippen molar-refractivity contribution in [1.82, 2.24) is 0 Å². The molecule has 0 atom stereocenters. The molecule has 0 unspecified atom stereocenters. The van der Waals surface area contributed by atoms with Crippen molar-refractivity contribution in [2.45, 2.75) is 0 Å². The van der Waals surface area contributed by atoms with Crippen LogP contribution in [0.2, 0.25) is 10.0 Å². The number of halogens is 2. The van der Waals surface area contributed by atoms with Gasteiger partial charge in [0, 0.05) is 15.4 Å². The highest BCUT2D eigenvalue weighted by molar-refractivity contribution is 6.40. The smallest absolute Gasteiger partial charge is 0.371 e. The van der Waals surface area contributed by atoms with Gasteiger partial charge in [-0.05, 0) is 16.2 Å². The summed E-state index contributed by atoms with van der Waals surface area (Å²) in [5, 5.41) is 19.9. The van der Waals surface area contributed by atoms with Crippen LogP contribution in [-0.4, -0.2) is 0 Å². The van der Waals surface area contributed by atoms with Gasteiger partial charge in [0.05, 0.1) is 10.7 Å². The first-order valence-electron chi connectivity index (χ1n) is 3.88. The molecule has 0 aliphatic carbocycles. The molecule has 90 valence electrons. The van der Waals surface area contributed by atoms with Crippen LogP contribution in [0.25, 0.3) is 31.3 Å². The van der Waals surface area contributed by atoms with E-state index in [0.717, 1.165) is 0 Å². The fourth-order valence-corrected chi connectivity index (χ4v) is 1.52. The van der Waals surface area contributed by atoms with Crippen molar-refractivity contribution in [2.24, 2.45) is 15.3 Å². The fourth-order valence-electron chi connectivity index (χ4n) is 0.973. The molecule has 13 heteroatoms. The molecular weight excluding hydrogens is 287 g/mol. The van der Waals surface area contributed by atoms with Gasteiger partial charge < -0.3 is 5.21 Å². The Morgan fingerprint density at radius 1 is 0.889 bits per heavy atom. The molecule has 0 amide bonds. The topological polar surface area (TPSA) is 173 Å². The molecule has 0 fully saturated rings. The molecule has 0 spiro atoms. The Labute approximate surface area is 108 Å². The molecule has 1 aromatic heterocycles. The van der Waals surface area contributed by atoms with Gasteiger partial charge >= 0.3 is 5.82 Å². The Morgan fingerprint density at radius 3 is 1.61 bits per heavy atom. The summed E-state index contributed by atoms with van der Waals surface area (Å²) in [7, 11) is 0. The van der Waals surface area contributed by atoms with E-state index in [9.17, 15) is 5.21 Å². The zero-order valence-corrected chi connectivity index (χ0v) is 9.65. The fraction of sp³-hybridized carbons (Fsp3) is 0.